The van der Waals surface area contributed by atoms with E-state index in [0.717, 1.165) is 5.56 Å². The lowest BCUT2D eigenvalue weighted by molar-refractivity contribution is 0.115. The molecule has 0 aliphatic rings. The van der Waals surface area contributed by atoms with E-state index in [9.17, 15) is 9.36 Å². The Labute approximate surface area is 95.0 Å². The molecule has 0 saturated heterocycles. The smallest absolute Gasteiger partial charge is 0.409 e. The Morgan fingerprint density at radius 1 is 1.44 bits per heavy atom. The lowest BCUT2D eigenvalue weighted by Gasteiger charge is -2.10. The standard InChI is InChI=1S/C10H12NO4P/c1-8(15-16-13)11-10(12)14-7-9-5-3-2-4-6-9/h2-6,8H,7H2,1H3,(H,11,12). The van der Waals surface area contributed by atoms with Crippen molar-refractivity contribution in [3.63, 3.8) is 0 Å². The third-order valence-electron chi connectivity index (χ3n) is 1.74. The highest BCUT2D eigenvalue weighted by molar-refractivity contribution is 7.17. The molecule has 0 radical (unpaired) electrons. The molecular formula is C10H12NO4P. The second-order valence-electron chi connectivity index (χ2n) is 3.03. The largest absolute Gasteiger partial charge is 0.445 e. The summed E-state index contributed by atoms with van der Waals surface area (Å²) in [5.74, 6) is 0. The number of hydrogen-bond donors (Lipinski definition) is 1. The number of rotatable bonds is 5. The minimum atomic E-state index is -0.651. The fraction of sp³-hybridized carbons (Fsp3) is 0.300. The van der Waals surface area contributed by atoms with Gasteiger partial charge >= 0.3 is 14.8 Å². The molecular weight excluding hydrogens is 229 g/mol. The molecule has 0 bridgehead atoms. The summed E-state index contributed by atoms with van der Waals surface area (Å²) in [7, 11) is -0.481. The Balaban J connectivity index is 2.28. The van der Waals surface area contributed by atoms with Gasteiger partial charge in [-0.05, 0) is 12.5 Å². The van der Waals surface area contributed by atoms with Crippen molar-refractivity contribution in [3.8, 4) is 0 Å². The minimum absolute atomic E-state index is 0.189. The third-order valence-corrected chi connectivity index (χ3v) is 2.14. The van der Waals surface area contributed by atoms with Gasteiger partial charge in [0.1, 0.15) is 12.8 Å². The van der Waals surface area contributed by atoms with Gasteiger partial charge in [-0.3, -0.25) is 9.84 Å². The van der Waals surface area contributed by atoms with Gasteiger partial charge in [-0.2, -0.15) is 0 Å². The molecule has 1 N–H and O–H groups in total. The highest BCUT2D eigenvalue weighted by Crippen LogP contribution is 2.02. The summed E-state index contributed by atoms with van der Waals surface area (Å²) in [5, 5.41) is 2.36. The maximum atomic E-state index is 11.2. The summed E-state index contributed by atoms with van der Waals surface area (Å²) in [6, 6.07) is 9.30. The molecule has 6 heteroatoms. The van der Waals surface area contributed by atoms with Crippen LogP contribution in [-0.2, 0) is 20.4 Å². The quantitative estimate of drug-likeness (QED) is 0.635. The number of carbonyl (C=O) groups is 1. The Bertz CT molecular complexity index is 344. The number of amides is 1. The normalized spacial score (nSPS) is 12.1. The second kappa shape index (κ2) is 6.93. The Kier molecular flexibility index (Phi) is 5.46. The van der Waals surface area contributed by atoms with Gasteiger partial charge in [-0.25, -0.2) is 9.36 Å². The lowest BCUT2D eigenvalue weighted by Crippen LogP contribution is -2.33. The molecule has 0 fully saturated rings. The van der Waals surface area contributed by atoms with Crippen LogP contribution < -0.4 is 5.32 Å². The van der Waals surface area contributed by atoms with E-state index in [1.807, 2.05) is 30.3 Å². The predicted molar refractivity (Wildman–Crippen MR) is 57.9 cm³/mol. The highest BCUT2D eigenvalue weighted by atomic mass is 31.1. The van der Waals surface area contributed by atoms with Crippen LogP contribution in [0.25, 0.3) is 0 Å². The summed E-state index contributed by atoms with van der Waals surface area (Å²) >= 11 is 0. The van der Waals surface area contributed by atoms with E-state index in [1.165, 1.54) is 0 Å². The van der Waals surface area contributed by atoms with Crippen molar-refractivity contribution in [2.24, 2.45) is 0 Å². The second-order valence-corrected chi connectivity index (χ2v) is 3.39. The van der Waals surface area contributed by atoms with Gasteiger partial charge in [0.2, 0.25) is 0 Å². The van der Waals surface area contributed by atoms with Crippen molar-refractivity contribution in [1.82, 2.24) is 5.32 Å². The van der Waals surface area contributed by atoms with E-state index in [2.05, 4.69) is 9.84 Å². The average Bonchev–Trinajstić information content (AvgIpc) is 2.28. The van der Waals surface area contributed by atoms with E-state index in [1.54, 1.807) is 6.92 Å². The Morgan fingerprint density at radius 3 is 2.75 bits per heavy atom. The van der Waals surface area contributed by atoms with E-state index < -0.39 is 21.0 Å². The Hall–Kier alpha value is -1.45. The van der Waals surface area contributed by atoms with Crippen molar-refractivity contribution in [3.05, 3.63) is 35.9 Å². The summed E-state index contributed by atoms with van der Waals surface area (Å²) in [6.07, 6.45) is -1.26. The van der Waals surface area contributed by atoms with Crippen molar-refractivity contribution in [1.29, 1.82) is 0 Å². The van der Waals surface area contributed by atoms with Crippen molar-refractivity contribution < 1.29 is 18.6 Å². The molecule has 1 aromatic rings. The molecule has 86 valence electrons. The van der Waals surface area contributed by atoms with Gasteiger partial charge < -0.3 is 4.74 Å². The molecule has 0 saturated carbocycles. The first-order valence-electron chi connectivity index (χ1n) is 4.68. The molecule has 0 aromatic heterocycles. The maximum absolute atomic E-state index is 11.2. The van der Waals surface area contributed by atoms with Gasteiger partial charge in [0, 0.05) is 0 Å². The zero-order valence-corrected chi connectivity index (χ0v) is 9.65. The number of nitrogens with one attached hydrogen (secondary N) is 1. The van der Waals surface area contributed by atoms with Crippen LogP contribution in [0.1, 0.15) is 12.5 Å². The predicted octanol–water partition coefficient (Wildman–Crippen LogP) is 2.48. The molecule has 1 aromatic carbocycles. The van der Waals surface area contributed by atoms with E-state index in [4.69, 9.17) is 4.74 Å². The van der Waals surface area contributed by atoms with Crippen molar-refractivity contribution in [2.75, 3.05) is 0 Å². The van der Waals surface area contributed by atoms with Gasteiger partial charge in [-0.15, -0.1) is 0 Å². The molecule has 16 heavy (non-hydrogen) atoms. The zero-order chi connectivity index (χ0) is 11.8. The summed E-state index contributed by atoms with van der Waals surface area (Å²) in [5.41, 5.74) is 0.896. The van der Waals surface area contributed by atoms with E-state index >= 15 is 0 Å². The molecule has 1 unspecified atom stereocenters. The van der Waals surface area contributed by atoms with Gasteiger partial charge in [0.25, 0.3) is 0 Å². The first-order valence-corrected chi connectivity index (χ1v) is 5.41. The summed E-state index contributed by atoms with van der Waals surface area (Å²) < 4.78 is 19.5. The zero-order valence-electron chi connectivity index (χ0n) is 8.75. The number of carbonyl (C=O) groups excluding carboxylic acids is 1. The summed E-state index contributed by atoms with van der Waals surface area (Å²) in [4.78, 5) is 11.2. The fourth-order valence-corrected chi connectivity index (χ4v) is 1.20. The maximum Gasteiger partial charge on any atom is 0.409 e. The summed E-state index contributed by atoms with van der Waals surface area (Å²) in [6.45, 7) is 1.74. The SMILES string of the molecule is CC(NC(=O)OCc1ccccc1)OP=O. The molecule has 0 aliphatic heterocycles. The van der Waals surface area contributed by atoms with Crippen LogP contribution in [0.2, 0.25) is 0 Å². The van der Waals surface area contributed by atoms with Crippen molar-refractivity contribution >= 4 is 14.8 Å². The number of benzene rings is 1. The van der Waals surface area contributed by atoms with Crippen LogP contribution in [0.4, 0.5) is 4.79 Å². The third kappa shape index (κ3) is 4.87. The van der Waals surface area contributed by atoms with Gasteiger partial charge in [-0.1, -0.05) is 30.3 Å². The molecule has 1 rings (SSSR count). The first-order chi connectivity index (χ1) is 7.72. The van der Waals surface area contributed by atoms with E-state index in [-0.39, 0.29) is 6.61 Å². The average molecular weight is 241 g/mol. The van der Waals surface area contributed by atoms with Crippen LogP contribution in [-0.4, -0.2) is 12.3 Å². The van der Waals surface area contributed by atoms with Gasteiger partial charge in [0.15, 0.2) is 0 Å². The van der Waals surface area contributed by atoms with Crippen molar-refractivity contribution in [2.45, 2.75) is 19.8 Å². The monoisotopic (exact) mass is 241 g/mol. The highest BCUT2D eigenvalue weighted by Gasteiger charge is 2.08. The molecule has 5 nitrogen and oxygen atoms in total. The number of ether oxygens (including phenoxy) is 1. The van der Waals surface area contributed by atoms with Crippen LogP contribution in [0, 0.1) is 0 Å². The topological polar surface area (TPSA) is 64.6 Å². The minimum Gasteiger partial charge on any atom is -0.445 e. The van der Waals surface area contributed by atoms with Gasteiger partial charge in [0.05, 0.1) is 0 Å². The molecule has 0 heterocycles. The van der Waals surface area contributed by atoms with Crippen LogP contribution in [0.15, 0.2) is 30.3 Å². The van der Waals surface area contributed by atoms with Crippen LogP contribution in [0.3, 0.4) is 0 Å². The number of hydrogen-bond acceptors (Lipinski definition) is 4. The first kappa shape index (κ1) is 12.6. The molecule has 1 atom stereocenters. The van der Waals surface area contributed by atoms with Crippen LogP contribution in [0.5, 0.6) is 0 Å². The van der Waals surface area contributed by atoms with E-state index in [0.29, 0.717) is 0 Å². The molecule has 1 amide bonds. The Morgan fingerprint density at radius 2 is 2.12 bits per heavy atom. The van der Waals surface area contributed by atoms with Crippen LogP contribution >= 0.6 is 8.69 Å². The lowest BCUT2D eigenvalue weighted by atomic mass is 10.2. The molecule has 0 spiro atoms. The fourth-order valence-electron chi connectivity index (χ4n) is 1.02. The molecule has 0 aliphatic carbocycles. The number of alkyl carbamates (subject to hydrolysis) is 1.